The second kappa shape index (κ2) is 6.57. The van der Waals surface area contributed by atoms with Gasteiger partial charge in [0.15, 0.2) is 17.2 Å². The van der Waals surface area contributed by atoms with Gasteiger partial charge in [-0.05, 0) is 36.4 Å². The third-order valence-corrected chi connectivity index (χ3v) is 4.29. The van der Waals surface area contributed by atoms with E-state index in [1.165, 1.54) is 24.3 Å². The maximum absolute atomic E-state index is 12.1. The Morgan fingerprint density at radius 2 is 1.52 bits per heavy atom. The number of guanidine groups is 1. The lowest BCUT2D eigenvalue weighted by Crippen LogP contribution is -2.24. The van der Waals surface area contributed by atoms with Gasteiger partial charge in [-0.15, -0.1) is 4.40 Å². The van der Waals surface area contributed by atoms with Crippen molar-refractivity contribution in [3.63, 3.8) is 0 Å². The molecule has 0 atom stereocenters. The summed E-state index contributed by atoms with van der Waals surface area (Å²) in [7, 11) is -4.04. The van der Waals surface area contributed by atoms with Gasteiger partial charge in [0.25, 0.3) is 15.9 Å². The molecule has 10 nitrogen and oxygen atoms in total. The smallest absolute Gasteiger partial charge is 0.285 e. The van der Waals surface area contributed by atoms with Crippen LogP contribution in [0.25, 0.3) is 0 Å². The first-order valence-electron chi connectivity index (χ1n) is 6.62. The molecule has 25 heavy (non-hydrogen) atoms. The zero-order valence-corrected chi connectivity index (χ0v) is 13.4. The Kier molecular flexibility index (Phi) is 4.70. The molecule has 2 aromatic carbocycles. The molecule has 0 aromatic heterocycles. The van der Waals surface area contributed by atoms with Crippen LogP contribution in [0.5, 0.6) is 17.2 Å². The maximum Gasteiger partial charge on any atom is 0.285 e. The number of nitrogens with one attached hydrogen (secondary N) is 1. The van der Waals surface area contributed by atoms with Gasteiger partial charge < -0.3 is 32.1 Å². The average Bonchev–Trinajstić information content (AvgIpc) is 2.51. The summed E-state index contributed by atoms with van der Waals surface area (Å²) in [6.07, 6.45) is 0. The van der Waals surface area contributed by atoms with Crippen LogP contribution in [0, 0.1) is 0 Å². The summed E-state index contributed by atoms with van der Waals surface area (Å²) in [4.78, 5) is 11.9. The minimum Gasteiger partial charge on any atom is -0.504 e. The van der Waals surface area contributed by atoms with Crippen molar-refractivity contribution in [2.24, 2.45) is 15.9 Å². The highest BCUT2D eigenvalue weighted by Gasteiger charge is 2.15. The van der Waals surface area contributed by atoms with Gasteiger partial charge in [0.2, 0.25) is 5.96 Å². The van der Waals surface area contributed by atoms with Crippen LogP contribution in [0.4, 0.5) is 5.69 Å². The van der Waals surface area contributed by atoms with Gasteiger partial charge >= 0.3 is 0 Å². The normalized spacial score (nSPS) is 10.9. The van der Waals surface area contributed by atoms with Gasteiger partial charge in [0, 0.05) is 11.3 Å². The van der Waals surface area contributed by atoms with E-state index >= 15 is 0 Å². The highest BCUT2D eigenvalue weighted by atomic mass is 32.2. The fourth-order valence-electron chi connectivity index (χ4n) is 1.84. The average molecular weight is 366 g/mol. The van der Waals surface area contributed by atoms with Gasteiger partial charge in [-0.2, -0.15) is 8.42 Å². The second-order valence-electron chi connectivity index (χ2n) is 4.83. The molecule has 2 aromatic rings. The zero-order valence-electron chi connectivity index (χ0n) is 12.5. The molecule has 0 fully saturated rings. The third kappa shape index (κ3) is 4.09. The van der Waals surface area contributed by atoms with Crippen LogP contribution in [0.2, 0.25) is 0 Å². The number of hydrogen-bond acceptors (Lipinski definition) is 6. The van der Waals surface area contributed by atoms with Crippen LogP contribution in [-0.4, -0.2) is 35.6 Å². The van der Waals surface area contributed by atoms with Gasteiger partial charge in [-0.25, -0.2) is 0 Å². The van der Waals surface area contributed by atoms with Crippen molar-refractivity contribution in [2.45, 2.75) is 4.90 Å². The van der Waals surface area contributed by atoms with E-state index < -0.39 is 39.1 Å². The molecule has 0 spiro atoms. The number of phenolic OH excluding ortho intramolecular Hbond substituents is 3. The summed E-state index contributed by atoms with van der Waals surface area (Å²) >= 11 is 0. The number of hydrogen-bond donors (Lipinski definition) is 6. The van der Waals surface area contributed by atoms with Crippen molar-refractivity contribution in [1.29, 1.82) is 0 Å². The number of sulfonamides is 1. The lowest BCUT2D eigenvalue weighted by molar-refractivity contribution is 0.102. The van der Waals surface area contributed by atoms with Gasteiger partial charge in [0.1, 0.15) is 0 Å². The van der Waals surface area contributed by atoms with Crippen molar-refractivity contribution in [3.8, 4) is 17.2 Å². The third-order valence-electron chi connectivity index (χ3n) is 2.97. The van der Waals surface area contributed by atoms with E-state index in [0.717, 1.165) is 12.1 Å². The maximum atomic E-state index is 12.1. The van der Waals surface area contributed by atoms with Crippen LogP contribution in [0.1, 0.15) is 10.4 Å². The molecule has 0 saturated carbocycles. The first-order valence-corrected chi connectivity index (χ1v) is 8.06. The zero-order chi connectivity index (χ0) is 18.8. The van der Waals surface area contributed by atoms with Crippen molar-refractivity contribution in [1.82, 2.24) is 0 Å². The van der Waals surface area contributed by atoms with Crippen molar-refractivity contribution < 1.29 is 28.5 Å². The largest absolute Gasteiger partial charge is 0.504 e. The SMILES string of the molecule is NC(N)=NS(=O)(=O)c1ccc(NC(=O)c2cc(O)c(O)c(O)c2)cc1. The van der Waals surface area contributed by atoms with Gasteiger partial charge in [-0.1, -0.05) is 0 Å². The van der Waals surface area contributed by atoms with E-state index in [0.29, 0.717) is 0 Å². The highest BCUT2D eigenvalue weighted by Crippen LogP contribution is 2.35. The Bertz CT molecular complexity index is 927. The Morgan fingerprint density at radius 3 is 2.00 bits per heavy atom. The quantitative estimate of drug-likeness (QED) is 0.248. The fourth-order valence-corrected chi connectivity index (χ4v) is 2.70. The number of anilines is 1. The van der Waals surface area contributed by atoms with E-state index in [-0.39, 0.29) is 16.1 Å². The van der Waals surface area contributed by atoms with E-state index in [1.807, 2.05) is 0 Å². The Balaban J connectivity index is 2.22. The van der Waals surface area contributed by atoms with Crippen LogP contribution in [0.15, 0.2) is 45.7 Å². The molecule has 0 heterocycles. The monoisotopic (exact) mass is 366 g/mol. The molecule has 0 unspecified atom stereocenters. The molecule has 11 heteroatoms. The van der Waals surface area contributed by atoms with E-state index in [2.05, 4.69) is 9.71 Å². The minimum absolute atomic E-state index is 0.120. The Morgan fingerprint density at radius 1 is 1.00 bits per heavy atom. The number of aromatic hydroxyl groups is 3. The van der Waals surface area contributed by atoms with E-state index in [9.17, 15) is 28.5 Å². The molecule has 0 bridgehead atoms. The number of rotatable bonds is 4. The lowest BCUT2D eigenvalue weighted by Gasteiger charge is -2.08. The van der Waals surface area contributed by atoms with Gasteiger partial charge in [-0.3, -0.25) is 4.79 Å². The molecular weight excluding hydrogens is 352 g/mol. The predicted molar refractivity (Wildman–Crippen MR) is 88.8 cm³/mol. The molecule has 2 rings (SSSR count). The molecule has 0 radical (unpaired) electrons. The predicted octanol–water partition coefficient (Wildman–Crippen LogP) is 0.0178. The number of carbonyl (C=O) groups excluding carboxylic acids is 1. The molecule has 0 aliphatic rings. The molecule has 0 aliphatic heterocycles. The molecule has 0 saturated heterocycles. The Labute approximate surface area is 142 Å². The number of amides is 1. The number of phenols is 3. The van der Waals surface area contributed by atoms with Crippen LogP contribution >= 0.6 is 0 Å². The summed E-state index contributed by atoms with van der Waals surface area (Å²) in [5, 5.41) is 30.5. The number of nitrogens with two attached hydrogens (primary N) is 2. The first kappa shape index (κ1) is 17.9. The second-order valence-corrected chi connectivity index (χ2v) is 6.44. The minimum atomic E-state index is -4.04. The topological polar surface area (TPSA) is 188 Å². The number of benzene rings is 2. The van der Waals surface area contributed by atoms with E-state index in [4.69, 9.17) is 11.5 Å². The summed E-state index contributed by atoms with van der Waals surface area (Å²) in [5.41, 5.74) is 10.2. The summed E-state index contributed by atoms with van der Waals surface area (Å²) in [5.74, 6) is -3.38. The number of carbonyl (C=O) groups is 1. The molecular formula is C14H14N4O6S. The van der Waals surface area contributed by atoms with Crippen molar-refractivity contribution >= 4 is 27.6 Å². The summed E-state index contributed by atoms with van der Waals surface area (Å²) in [6, 6.07) is 6.89. The van der Waals surface area contributed by atoms with Crippen LogP contribution < -0.4 is 16.8 Å². The standard InChI is InChI=1S/C14H14N4O6S/c15-14(16)18-25(23,24)9-3-1-8(2-4-9)17-13(22)7-5-10(19)12(21)11(20)6-7/h1-6,19-21H,(H,17,22)(H4,15,16,18). The van der Waals surface area contributed by atoms with Crippen molar-refractivity contribution in [2.75, 3.05) is 5.32 Å². The van der Waals surface area contributed by atoms with Crippen molar-refractivity contribution in [3.05, 3.63) is 42.0 Å². The molecule has 1 amide bonds. The number of nitrogens with zero attached hydrogens (tertiary/aromatic N) is 1. The lowest BCUT2D eigenvalue weighted by atomic mass is 10.1. The first-order chi connectivity index (χ1) is 11.6. The Hall–Kier alpha value is -3.47. The fraction of sp³-hybridized carbons (Fsp3) is 0. The summed E-state index contributed by atoms with van der Waals surface area (Å²) in [6.45, 7) is 0. The van der Waals surface area contributed by atoms with Gasteiger partial charge in [0.05, 0.1) is 4.90 Å². The molecule has 8 N–H and O–H groups in total. The highest BCUT2D eigenvalue weighted by molar-refractivity contribution is 7.90. The molecule has 0 aliphatic carbocycles. The van der Waals surface area contributed by atoms with Crippen LogP contribution in [0.3, 0.4) is 0 Å². The summed E-state index contributed by atoms with van der Waals surface area (Å²) < 4.78 is 26.7. The van der Waals surface area contributed by atoms with Crippen LogP contribution in [-0.2, 0) is 10.0 Å². The molecule has 132 valence electrons. The van der Waals surface area contributed by atoms with E-state index in [1.54, 1.807) is 0 Å².